The molecule has 0 bridgehead atoms. The second-order valence-electron chi connectivity index (χ2n) is 2.25. The summed E-state index contributed by atoms with van der Waals surface area (Å²) in [5, 5.41) is 9.02. The molecule has 0 aliphatic heterocycles. The van der Waals surface area contributed by atoms with E-state index in [1.54, 1.807) is 18.2 Å². The number of benzene rings is 1. The average Bonchev–Trinajstić information content (AvgIpc) is 1.94. The van der Waals surface area contributed by atoms with E-state index in [4.69, 9.17) is 5.11 Å². The van der Waals surface area contributed by atoms with Gasteiger partial charge in [0.1, 0.15) is 5.75 Å². The minimum atomic E-state index is 0.292. The number of aromatic hydroxyl groups is 1. The molecule has 1 rings (SSSR count). The highest BCUT2D eigenvalue weighted by Gasteiger charge is 1.93. The maximum absolute atomic E-state index is 9.02. The van der Waals surface area contributed by atoms with Gasteiger partial charge in [-0.05, 0) is 30.2 Å². The molecule has 0 atom stereocenters. The normalized spacial score (nSPS) is 9.30. The van der Waals surface area contributed by atoms with E-state index >= 15 is 0 Å². The molecule has 1 heteroatoms. The molecule has 1 N–H and O–H groups in total. The third-order valence-electron chi connectivity index (χ3n) is 1.48. The summed E-state index contributed by atoms with van der Waals surface area (Å²) in [7, 11) is 0. The van der Waals surface area contributed by atoms with Crippen LogP contribution < -0.4 is 0 Å². The Hall–Kier alpha value is -1.24. The molecule has 0 aliphatic rings. The molecule has 0 saturated carbocycles. The van der Waals surface area contributed by atoms with Crippen molar-refractivity contribution in [2.45, 2.75) is 6.92 Å². The summed E-state index contributed by atoms with van der Waals surface area (Å²) in [5.74, 6) is 0.292. The van der Waals surface area contributed by atoms with Gasteiger partial charge in [0.2, 0.25) is 0 Å². The van der Waals surface area contributed by atoms with Gasteiger partial charge in [-0.15, -0.1) is 0 Å². The summed E-state index contributed by atoms with van der Waals surface area (Å²) in [4.78, 5) is 0. The highest BCUT2D eigenvalue weighted by Crippen LogP contribution is 2.15. The molecule has 0 fully saturated rings. The van der Waals surface area contributed by atoms with E-state index in [1.807, 2.05) is 13.0 Å². The minimum absolute atomic E-state index is 0.292. The van der Waals surface area contributed by atoms with Gasteiger partial charge in [-0.2, -0.15) is 0 Å². The average molecular weight is 134 g/mol. The molecule has 0 amide bonds. The Morgan fingerprint density at radius 2 is 2.20 bits per heavy atom. The Labute approximate surface area is 60.6 Å². The zero-order valence-corrected chi connectivity index (χ0v) is 5.96. The van der Waals surface area contributed by atoms with Gasteiger partial charge in [0.25, 0.3) is 0 Å². The fourth-order valence-corrected chi connectivity index (χ4v) is 0.848. The van der Waals surface area contributed by atoms with Crippen LogP contribution in [0.15, 0.2) is 24.8 Å². The van der Waals surface area contributed by atoms with Gasteiger partial charge >= 0.3 is 0 Å². The first-order chi connectivity index (χ1) is 4.74. The van der Waals surface area contributed by atoms with Crippen molar-refractivity contribution >= 4 is 6.08 Å². The summed E-state index contributed by atoms with van der Waals surface area (Å²) in [6, 6.07) is 5.23. The first-order valence-electron chi connectivity index (χ1n) is 3.16. The van der Waals surface area contributed by atoms with E-state index < -0.39 is 0 Å². The molecule has 0 saturated heterocycles. The number of hydrogen-bond donors (Lipinski definition) is 1. The quantitative estimate of drug-likeness (QED) is 0.625. The molecule has 52 valence electrons. The predicted molar refractivity (Wildman–Crippen MR) is 42.9 cm³/mol. The summed E-state index contributed by atoms with van der Waals surface area (Å²) >= 11 is 0. The number of rotatable bonds is 1. The number of phenolic OH excluding ortho intramolecular Hbond substituents is 1. The van der Waals surface area contributed by atoms with Crippen LogP contribution in [0.4, 0.5) is 0 Å². The Bertz CT molecular complexity index is 251. The number of aryl methyl sites for hydroxylation is 1. The van der Waals surface area contributed by atoms with Gasteiger partial charge in [-0.1, -0.05) is 18.7 Å². The molecule has 0 spiro atoms. The van der Waals surface area contributed by atoms with E-state index in [0.29, 0.717) is 5.75 Å². The molecule has 1 aromatic carbocycles. The van der Waals surface area contributed by atoms with Crippen molar-refractivity contribution in [3.8, 4) is 5.75 Å². The smallest absolute Gasteiger partial charge is 0.116 e. The van der Waals surface area contributed by atoms with Crippen molar-refractivity contribution in [1.29, 1.82) is 0 Å². The topological polar surface area (TPSA) is 20.2 Å². The largest absolute Gasteiger partial charge is 0.508 e. The summed E-state index contributed by atoms with van der Waals surface area (Å²) < 4.78 is 0. The number of hydrogen-bond acceptors (Lipinski definition) is 1. The Balaban J connectivity index is 3.21. The fourth-order valence-electron chi connectivity index (χ4n) is 0.848. The van der Waals surface area contributed by atoms with Crippen molar-refractivity contribution in [2.24, 2.45) is 0 Å². The van der Waals surface area contributed by atoms with Crippen LogP contribution in [-0.2, 0) is 0 Å². The van der Waals surface area contributed by atoms with Crippen molar-refractivity contribution in [3.63, 3.8) is 0 Å². The van der Waals surface area contributed by atoms with Crippen LogP contribution >= 0.6 is 0 Å². The van der Waals surface area contributed by atoms with Gasteiger partial charge in [-0.3, -0.25) is 0 Å². The molecule has 0 heterocycles. The lowest BCUT2D eigenvalue weighted by Crippen LogP contribution is -1.77. The van der Waals surface area contributed by atoms with Gasteiger partial charge in [0.15, 0.2) is 0 Å². The van der Waals surface area contributed by atoms with Crippen molar-refractivity contribution in [2.75, 3.05) is 0 Å². The van der Waals surface area contributed by atoms with Gasteiger partial charge in [0, 0.05) is 0 Å². The summed E-state index contributed by atoms with van der Waals surface area (Å²) in [6.45, 7) is 5.60. The molecule has 0 aliphatic carbocycles. The minimum Gasteiger partial charge on any atom is -0.508 e. The van der Waals surface area contributed by atoms with E-state index in [1.165, 1.54) is 0 Å². The molecule has 10 heavy (non-hydrogen) atoms. The van der Waals surface area contributed by atoms with Gasteiger partial charge in [0.05, 0.1) is 0 Å². The van der Waals surface area contributed by atoms with Crippen LogP contribution in [-0.4, -0.2) is 5.11 Å². The second-order valence-corrected chi connectivity index (χ2v) is 2.25. The standard InChI is InChI=1S/C9H10O/c1-3-8-6-9(10)5-4-7(8)2/h3-6,10H,1H2,2H3. The lowest BCUT2D eigenvalue weighted by atomic mass is 10.1. The summed E-state index contributed by atoms with van der Waals surface area (Å²) in [5.41, 5.74) is 2.12. The highest BCUT2D eigenvalue weighted by atomic mass is 16.3. The van der Waals surface area contributed by atoms with E-state index in [0.717, 1.165) is 11.1 Å². The molecule has 1 nitrogen and oxygen atoms in total. The molecular formula is C9H10O. The van der Waals surface area contributed by atoms with E-state index in [-0.39, 0.29) is 0 Å². The van der Waals surface area contributed by atoms with E-state index in [9.17, 15) is 0 Å². The lowest BCUT2D eigenvalue weighted by molar-refractivity contribution is 0.475. The third kappa shape index (κ3) is 1.18. The highest BCUT2D eigenvalue weighted by molar-refractivity contribution is 5.53. The van der Waals surface area contributed by atoms with Crippen LogP contribution in [0.25, 0.3) is 6.08 Å². The van der Waals surface area contributed by atoms with Crippen LogP contribution in [0.5, 0.6) is 5.75 Å². The zero-order chi connectivity index (χ0) is 7.56. The predicted octanol–water partition coefficient (Wildman–Crippen LogP) is 2.34. The third-order valence-corrected chi connectivity index (χ3v) is 1.48. The molecular weight excluding hydrogens is 124 g/mol. The van der Waals surface area contributed by atoms with Crippen molar-refractivity contribution in [1.82, 2.24) is 0 Å². The van der Waals surface area contributed by atoms with Crippen molar-refractivity contribution in [3.05, 3.63) is 35.9 Å². The second kappa shape index (κ2) is 2.56. The molecule has 0 unspecified atom stereocenters. The Morgan fingerprint density at radius 1 is 1.50 bits per heavy atom. The first kappa shape index (κ1) is 6.87. The maximum Gasteiger partial charge on any atom is 0.116 e. The zero-order valence-electron chi connectivity index (χ0n) is 5.96. The molecule has 0 radical (unpaired) electrons. The Kier molecular flexibility index (Phi) is 1.76. The Morgan fingerprint density at radius 3 is 2.70 bits per heavy atom. The van der Waals surface area contributed by atoms with Crippen LogP contribution in [0.1, 0.15) is 11.1 Å². The van der Waals surface area contributed by atoms with Gasteiger partial charge in [-0.25, -0.2) is 0 Å². The van der Waals surface area contributed by atoms with Gasteiger partial charge < -0.3 is 5.11 Å². The SMILES string of the molecule is C=Cc1cc(O)ccc1C. The van der Waals surface area contributed by atoms with E-state index in [2.05, 4.69) is 6.58 Å². The van der Waals surface area contributed by atoms with Crippen LogP contribution in [0.3, 0.4) is 0 Å². The fraction of sp³-hybridized carbons (Fsp3) is 0.111. The van der Waals surface area contributed by atoms with Crippen LogP contribution in [0.2, 0.25) is 0 Å². The summed E-state index contributed by atoms with van der Waals surface area (Å²) in [6.07, 6.45) is 1.73. The lowest BCUT2D eigenvalue weighted by Gasteiger charge is -1.98. The van der Waals surface area contributed by atoms with Crippen LogP contribution in [0, 0.1) is 6.92 Å². The first-order valence-corrected chi connectivity index (χ1v) is 3.16. The molecule has 0 aromatic heterocycles. The van der Waals surface area contributed by atoms with Crippen molar-refractivity contribution < 1.29 is 5.11 Å². The number of phenols is 1. The monoisotopic (exact) mass is 134 g/mol. The molecule has 1 aromatic rings. The maximum atomic E-state index is 9.02.